The third-order valence-electron chi connectivity index (χ3n) is 5.89. The van der Waals surface area contributed by atoms with Crippen LogP contribution in [0.2, 0.25) is 0 Å². The quantitative estimate of drug-likeness (QED) is 0.711. The van der Waals surface area contributed by atoms with Gasteiger partial charge in [0.2, 0.25) is 0 Å². The van der Waals surface area contributed by atoms with E-state index in [1.807, 2.05) is 42.5 Å². The lowest BCUT2D eigenvalue weighted by atomic mass is 9.84. The lowest BCUT2D eigenvalue weighted by Gasteiger charge is -2.30. The third kappa shape index (κ3) is 4.41. The number of nitrogens with zero attached hydrogens (tertiary/aromatic N) is 2. The second-order valence-electron chi connectivity index (χ2n) is 9.58. The minimum atomic E-state index is -1.05. The Bertz CT molecular complexity index is 900. The molecule has 1 unspecified atom stereocenters. The van der Waals surface area contributed by atoms with Gasteiger partial charge in [-0.1, -0.05) is 75.4 Å². The van der Waals surface area contributed by atoms with Gasteiger partial charge in [-0.2, -0.15) is 0 Å². The number of amides is 3. The summed E-state index contributed by atoms with van der Waals surface area (Å²) in [6.45, 7) is 13.3. The van der Waals surface area contributed by atoms with E-state index >= 15 is 0 Å². The first kappa shape index (κ1) is 22.0. The number of rotatable bonds is 6. The third-order valence-corrected chi connectivity index (χ3v) is 5.89. The molecule has 0 saturated carbocycles. The SMILES string of the molecule is CC(C)N(Cc1ccccc1)CN1C(=O)NC(C)(c2ccc(C(C)(C)C)cc2)C1=O. The number of urea groups is 1. The van der Waals surface area contributed by atoms with Crippen molar-refractivity contribution in [2.24, 2.45) is 0 Å². The van der Waals surface area contributed by atoms with Crippen molar-refractivity contribution in [2.75, 3.05) is 6.67 Å². The number of imide groups is 1. The summed E-state index contributed by atoms with van der Waals surface area (Å²) in [5, 5.41) is 2.92. The molecule has 0 spiro atoms. The van der Waals surface area contributed by atoms with Crippen LogP contribution in [0.25, 0.3) is 0 Å². The summed E-state index contributed by atoms with van der Waals surface area (Å²) in [6.07, 6.45) is 0. The van der Waals surface area contributed by atoms with Crippen molar-refractivity contribution in [2.45, 2.75) is 65.1 Å². The Kier molecular flexibility index (Phi) is 6.04. The Labute approximate surface area is 180 Å². The van der Waals surface area contributed by atoms with Crippen LogP contribution in [0.4, 0.5) is 4.79 Å². The summed E-state index contributed by atoms with van der Waals surface area (Å²) in [5.74, 6) is -0.213. The van der Waals surface area contributed by atoms with Gasteiger partial charge in [0.15, 0.2) is 0 Å². The smallest absolute Gasteiger partial charge is 0.319 e. The van der Waals surface area contributed by atoms with E-state index in [2.05, 4.69) is 57.0 Å². The fourth-order valence-corrected chi connectivity index (χ4v) is 3.72. The first-order chi connectivity index (χ1) is 14.0. The largest absolute Gasteiger partial charge is 0.326 e. The van der Waals surface area contributed by atoms with Gasteiger partial charge in [0.1, 0.15) is 5.54 Å². The molecule has 1 heterocycles. The van der Waals surface area contributed by atoms with E-state index in [1.54, 1.807) is 6.92 Å². The molecule has 1 saturated heterocycles. The van der Waals surface area contributed by atoms with Crippen LogP contribution in [-0.4, -0.2) is 34.4 Å². The van der Waals surface area contributed by atoms with Crippen molar-refractivity contribution in [1.82, 2.24) is 15.1 Å². The molecule has 1 atom stereocenters. The molecule has 1 N–H and O–H groups in total. The fourth-order valence-electron chi connectivity index (χ4n) is 3.72. The van der Waals surface area contributed by atoms with Gasteiger partial charge >= 0.3 is 6.03 Å². The van der Waals surface area contributed by atoms with Crippen molar-refractivity contribution >= 4 is 11.9 Å². The maximum absolute atomic E-state index is 13.3. The summed E-state index contributed by atoms with van der Waals surface area (Å²) in [6, 6.07) is 17.9. The highest BCUT2D eigenvalue weighted by atomic mass is 16.2. The van der Waals surface area contributed by atoms with Crippen LogP contribution in [0.15, 0.2) is 54.6 Å². The number of benzene rings is 2. The number of hydrogen-bond donors (Lipinski definition) is 1. The minimum Gasteiger partial charge on any atom is -0.319 e. The Morgan fingerprint density at radius 3 is 2.13 bits per heavy atom. The summed E-state index contributed by atoms with van der Waals surface area (Å²) in [4.78, 5) is 29.6. The van der Waals surface area contributed by atoms with E-state index in [0.717, 1.165) is 11.1 Å². The van der Waals surface area contributed by atoms with E-state index < -0.39 is 5.54 Å². The van der Waals surface area contributed by atoms with Gasteiger partial charge in [0, 0.05) is 12.6 Å². The maximum Gasteiger partial charge on any atom is 0.326 e. The van der Waals surface area contributed by atoms with Gasteiger partial charge < -0.3 is 5.32 Å². The molecule has 3 rings (SSSR count). The lowest BCUT2D eigenvalue weighted by molar-refractivity contribution is -0.132. The molecule has 3 amide bonds. The summed E-state index contributed by atoms with van der Waals surface area (Å²) in [5.41, 5.74) is 2.12. The molecule has 1 aliphatic heterocycles. The molecule has 0 radical (unpaired) electrons. The molecule has 1 fully saturated rings. The molecule has 0 aliphatic carbocycles. The number of nitrogens with one attached hydrogen (secondary N) is 1. The van der Waals surface area contributed by atoms with Crippen LogP contribution in [0.5, 0.6) is 0 Å². The molecule has 5 heteroatoms. The number of carbonyl (C=O) groups excluding carboxylic acids is 2. The highest BCUT2D eigenvalue weighted by Crippen LogP contribution is 2.31. The molecule has 2 aromatic rings. The highest BCUT2D eigenvalue weighted by molar-refractivity contribution is 6.07. The van der Waals surface area contributed by atoms with Crippen molar-refractivity contribution in [3.05, 3.63) is 71.3 Å². The number of hydrogen-bond acceptors (Lipinski definition) is 3. The maximum atomic E-state index is 13.3. The Hall–Kier alpha value is -2.66. The van der Waals surface area contributed by atoms with Crippen molar-refractivity contribution in [1.29, 1.82) is 0 Å². The molecule has 5 nitrogen and oxygen atoms in total. The molecule has 30 heavy (non-hydrogen) atoms. The fraction of sp³-hybridized carbons (Fsp3) is 0.440. The Morgan fingerprint density at radius 2 is 1.60 bits per heavy atom. The van der Waals surface area contributed by atoms with Gasteiger partial charge in [-0.15, -0.1) is 0 Å². The van der Waals surface area contributed by atoms with Crippen LogP contribution in [0, 0.1) is 0 Å². The van der Waals surface area contributed by atoms with E-state index in [0.29, 0.717) is 6.54 Å². The Morgan fingerprint density at radius 1 is 1.00 bits per heavy atom. The molecule has 160 valence electrons. The van der Waals surface area contributed by atoms with E-state index in [4.69, 9.17) is 0 Å². The monoisotopic (exact) mass is 407 g/mol. The summed E-state index contributed by atoms with van der Waals surface area (Å²) in [7, 11) is 0. The normalized spacial score (nSPS) is 19.7. The molecule has 2 aromatic carbocycles. The van der Waals surface area contributed by atoms with Gasteiger partial charge in [-0.25, -0.2) is 9.69 Å². The molecular formula is C25H33N3O2. The van der Waals surface area contributed by atoms with Crippen LogP contribution in [-0.2, 0) is 22.3 Å². The molecule has 1 aliphatic rings. The van der Waals surface area contributed by atoms with Gasteiger partial charge in [0.05, 0.1) is 6.67 Å². The van der Waals surface area contributed by atoms with Crippen molar-refractivity contribution in [3.63, 3.8) is 0 Å². The average molecular weight is 408 g/mol. The zero-order valence-electron chi connectivity index (χ0n) is 18.9. The van der Waals surface area contributed by atoms with Crippen LogP contribution >= 0.6 is 0 Å². The first-order valence-electron chi connectivity index (χ1n) is 10.6. The van der Waals surface area contributed by atoms with Crippen LogP contribution in [0.3, 0.4) is 0 Å². The standard InChI is InChI=1S/C25H33N3O2/c1-18(2)27(16-19-10-8-7-9-11-19)17-28-22(29)25(6,26-23(28)30)21-14-12-20(13-15-21)24(3,4)5/h7-15,18H,16-17H2,1-6H3,(H,26,30). The zero-order chi connectivity index (χ0) is 22.1. The molecular weight excluding hydrogens is 374 g/mol. The van der Waals surface area contributed by atoms with Gasteiger partial charge in [0.25, 0.3) is 5.91 Å². The average Bonchev–Trinajstić information content (AvgIpc) is 2.91. The minimum absolute atomic E-state index is 0.0314. The van der Waals surface area contributed by atoms with E-state index in [1.165, 1.54) is 10.5 Å². The zero-order valence-corrected chi connectivity index (χ0v) is 18.9. The van der Waals surface area contributed by atoms with Gasteiger partial charge in [-0.3, -0.25) is 9.69 Å². The second-order valence-corrected chi connectivity index (χ2v) is 9.58. The van der Waals surface area contributed by atoms with E-state index in [-0.39, 0.29) is 30.1 Å². The molecule has 0 aromatic heterocycles. The molecule has 0 bridgehead atoms. The van der Waals surface area contributed by atoms with Crippen LogP contribution in [0.1, 0.15) is 58.2 Å². The topological polar surface area (TPSA) is 52.6 Å². The second kappa shape index (κ2) is 8.23. The van der Waals surface area contributed by atoms with Crippen molar-refractivity contribution in [3.8, 4) is 0 Å². The predicted octanol–water partition coefficient (Wildman–Crippen LogP) is 4.62. The Balaban J connectivity index is 1.80. The number of carbonyl (C=O) groups is 2. The first-order valence-corrected chi connectivity index (χ1v) is 10.6. The summed E-state index contributed by atoms with van der Waals surface area (Å²) < 4.78 is 0. The van der Waals surface area contributed by atoms with Gasteiger partial charge in [-0.05, 0) is 42.9 Å². The lowest BCUT2D eigenvalue weighted by Crippen LogP contribution is -2.45. The van der Waals surface area contributed by atoms with Crippen LogP contribution < -0.4 is 5.32 Å². The highest BCUT2D eigenvalue weighted by Gasteiger charge is 2.49. The van der Waals surface area contributed by atoms with Crippen molar-refractivity contribution < 1.29 is 9.59 Å². The van der Waals surface area contributed by atoms with E-state index in [9.17, 15) is 9.59 Å². The predicted molar refractivity (Wildman–Crippen MR) is 120 cm³/mol. The summed E-state index contributed by atoms with van der Waals surface area (Å²) >= 11 is 0.